The number of amides is 2. The summed E-state index contributed by atoms with van der Waals surface area (Å²) in [6, 6.07) is 0. The van der Waals surface area contributed by atoms with Crippen LogP contribution in [-0.2, 0) is 19.1 Å². The highest BCUT2D eigenvalue weighted by Crippen LogP contribution is 2.27. The van der Waals surface area contributed by atoms with Crippen molar-refractivity contribution < 1.29 is 24.2 Å². The standard InChI is InChI=1S/C23H37N3O5/c1-16(2)21(30)31-14-13-26(22(3,4)5)12-10-11-17(27)15-18-19(28)24(8)23(6,7)25(9)20(18)29/h10-12,15-16,27H,13-14H2,1-9H3/b12-10+,17-11-. The highest BCUT2D eigenvalue weighted by atomic mass is 16.5. The van der Waals surface area contributed by atoms with E-state index in [1.54, 1.807) is 54.1 Å². The Morgan fingerprint density at radius 3 is 2.13 bits per heavy atom. The molecular weight excluding hydrogens is 398 g/mol. The molecule has 1 heterocycles. The van der Waals surface area contributed by atoms with E-state index < -0.39 is 17.5 Å². The molecular formula is C23H37N3O5. The quantitative estimate of drug-likeness (QED) is 0.217. The molecule has 8 nitrogen and oxygen atoms in total. The fraction of sp³-hybridized carbons (Fsp3) is 0.609. The third-order valence-electron chi connectivity index (χ3n) is 5.45. The number of hydrogen-bond acceptors (Lipinski definition) is 6. The fourth-order valence-electron chi connectivity index (χ4n) is 2.78. The Kier molecular flexibility index (Phi) is 8.49. The molecule has 1 aliphatic heterocycles. The molecule has 2 amide bonds. The number of hydrogen-bond donors (Lipinski definition) is 1. The minimum absolute atomic E-state index is 0.0975. The summed E-state index contributed by atoms with van der Waals surface area (Å²) in [4.78, 5) is 41.7. The lowest BCUT2D eigenvalue weighted by molar-refractivity contribution is -0.155. The van der Waals surface area contributed by atoms with Crippen LogP contribution in [0.3, 0.4) is 0 Å². The lowest BCUT2D eigenvalue weighted by atomic mass is 10.0. The van der Waals surface area contributed by atoms with Crippen LogP contribution in [0.25, 0.3) is 0 Å². The minimum Gasteiger partial charge on any atom is -0.508 e. The summed E-state index contributed by atoms with van der Waals surface area (Å²) in [6.45, 7) is 13.9. The van der Waals surface area contributed by atoms with Crippen LogP contribution < -0.4 is 0 Å². The summed E-state index contributed by atoms with van der Waals surface area (Å²) in [5, 5.41) is 10.3. The van der Waals surface area contributed by atoms with E-state index >= 15 is 0 Å². The maximum atomic E-state index is 12.6. The topological polar surface area (TPSA) is 90.4 Å². The SMILES string of the molecule is CC(C)C(=O)OCCN(/C=C/C=C(\O)C=C1C(=O)N(C)C(C)(C)N(C)C1=O)C(C)(C)C. The molecule has 0 aromatic rings. The van der Waals surface area contributed by atoms with Crippen LogP contribution in [-0.4, -0.2) is 76.0 Å². The van der Waals surface area contributed by atoms with E-state index in [0.29, 0.717) is 6.54 Å². The van der Waals surface area contributed by atoms with Gasteiger partial charge in [-0.25, -0.2) is 0 Å². The predicted molar refractivity (Wildman–Crippen MR) is 120 cm³/mol. The molecule has 1 aliphatic rings. The Morgan fingerprint density at radius 1 is 1.16 bits per heavy atom. The van der Waals surface area contributed by atoms with Crippen molar-refractivity contribution in [2.45, 2.75) is 59.7 Å². The van der Waals surface area contributed by atoms with Gasteiger partial charge in [0.25, 0.3) is 11.8 Å². The van der Waals surface area contributed by atoms with Crippen LogP contribution in [0.4, 0.5) is 0 Å². The smallest absolute Gasteiger partial charge is 0.308 e. The molecule has 0 unspecified atom stereocenters. The molecule has 8 heteroatoms. The van der Waals surface area contributed by atoms with Gasteiger partial charge in [-0.15, -0.1) is 0 Å². The number of aliphatic hydroxyl groups excluding tert-OH is 1. The number of nitrogens with zero attached hydrogens (tertiary/aromatic N) is 3. The Labute approximate surface area is 185 Å². The maximum Gasteiger partial charge on any atom is 0.308 e. The van der Waals surface area contributed by atoms with E-state index in [1.165, 1.54) is 22.0 Å². The Bertz CT molecular complexity index is 762. The summed E-state index contributed by atoms with van der Waals surface area (Å²) in [5.74, 6) is -1.53. The molecule has 0 aliphatic carbocycles. The second-order valence-corrected chi connectivity index (χ2v) is 9.40. The van der Waals surface area contributed by atoms with E-state index in [0.717, 1.165) is 0 Å². The zero-order chi connectivity index (χ0) is 24.1. The summed E-state index contributed by atoms with van der Waals surface area (Å²) in [7, 11) is 3.24. The number of esters is 1. The second-order valence-electron chi connectivity index (χ2n) is 9.40. The molecule has 1 saturated heterocycles. The van der Waals surface area contributed by atoms with Crippen molar-refractivity contribution in [3.8, 4) is 0 Å². The van der Waals surface area contributed by atoms with E-state index in [4.69, 9.17) is 4.74 Å². The molecule has 0 saturated carbocycles. The fourth-order valence-corrected chi connectivity index (χ4v) is 2.78. The van der Waals surface area contributed by atoms with Crippen molar-refractivity contribution in [3.63, 3.8) is 0 Å². The minimum atomic E-state index is -0.753. The second kappa shape index (κ2) is 10.0. The molecule has 0 atom stereocenters. The van der Waals surface area contributed by atoms with Gasteiger partial charge in [0, 0.05) is 19.6 Å². The highest BCUT2D eigenvalue weighted by molar-refractivity contribution is 6.20. The van der Waals surface area contributed by atoms with E-state index in [1.807, 2.05) is 25.7 Å². The monoisotopic (exact) mass is 435 g/mol. The van der Waals surface area contributed by atoms with Gasteiger partial charge in [0.2, 0.25) is 0 Å². The average Bonchev–Trinajstić information content (AvgIpc) is 2.66. The number of ether oxygens (including phenoxy) is 1. The number of carbonyl (C=O) groups is 3. The highest BCUT2D eigenvalue weighted by Gasteiger charge is 2.44. The molecule has 1 fully saturated rings. The van der Waals surface area contributed by atoms with Crippen LogP contribution in [0, 0.1) is 5.92 Å². The normalized spacial score (nSPS) is 17.6. The largest absolute Gasteiger partial charge is 0.508 e. The van der Waals surface area contributed by atoms with Gasteiger partial charge >= 0.3 is 5.97 Å². The van der Waals surface area contributed by atoms with Gasteiger partial charge in [-0.2, -0.15) is 0 Å². The lowest BCUT2D eigenvalue weighted by Crippen LogP contribution is -2.63. The number of carbonyl (C=O) groups excluding carboxylic acids is 3. The van der Waals surface area contributed by atoms with Gasteiger partial charge < -0.3 is 24.5 Å². The third kappa shape index (κ3) is 6.60. The van der Waals surface area contributed by atoms with E-state index in [-0.39, 0.29) is 35.4 Å². The van der Waals surface area contributed by atoms with Crippen molar-refractivity contribution in [1.82, 2.24) is 14.7 Å². The van der Waals surface area contributed by atoms with Crippen LogP contribution in [0.15, 0.2) is 35.8 Å². The lowest BCUT2D eigenvalue weighted by Gasteiger charge is -2.47. The molecule has 0 aromatic heterocycles. The van der Waals surface area contributed by atoms with Crippen molar-refractivity contribution in [1.29, 1.82) is 0 Å². The Morgan fingerprint density at radius 2 is 1.68 bits per heavy atom. The van der Waals surface area contributed by atoms with Crippen molar-refractivity contribution in [2.24, 2.45) is 5.92 Å². The van der Waals surface area contributed by atoms with Crippen LogP contribution in [0.1, 0.15) is 48.5 Å². The molecule has 31 heavy (non-hydrogen) atoms. The van der Waals surface area contributed by atoms with Gasteiger partial charge in [0.15, 0.2) is 0 Å². The predicted octanol–water partition coefficient (Wildman–Crippen LogP) is 2.83. The van der Waals surface area contributed by atoms with Gasteiger partial charge in [0.05, 0.1) is 12.5 Å². The number of likely N-dealkylation sites (N-methyl/N-ethyl adjacent to an activating group) is 2. The summed E-state index contributed by atoms with van der Waals surface area (Å²) in [5.41, 5.74) is -1.09. The van der Waals surface area contributed by atoms with Gasteiger partial charge in [-0.1, -0.05) is 13.8 Å². The average molecular weight is 436 g/mol. The molecule has 1 rings (SSSR count). The summed E-state index contributed by atoms with van der Waals surface area (Å²) >= 11 is 0. The first-order chi connectivity index (χ1) is 14.1. The van der Waals surface area contributed by atoms with Crippen molar-refractivity contribution in [2.75, 3.05) is 27.2 Å². The van der Waals surface area contributed by atoms with Crippen molar-refractivity contribution >= 4 is 17.8 Å². The zero-order valence-corrected chi connectivity index (χ0v) is 20.2. The first-order valence-corrected chi connectivity index (χ1v) is 10.4. The first kappa shape index (κ1) is 26.3. The molecule has 0 radical (unpaired) electrons. The van der Waals surface area contributed by atoms with Crippen molar-refractivity contribution in [3.05, 3.63) is 35.8 Å². The Balaban J connectivity index is 2.95. The zero-order valence-electron chi connectivity index (χ0n) is 20.2. The maximum absolute atomic E-state index is 12.6. The van der Waals surface area contributed by atoms with Gasteiger partial charge in [-0.3, -0.25) is 14.4 Å². The van der Waals surface area contributed by atoms with Crippen LogP contribution in [0.5, 0.6) is 0 Å². The molecule has 0 aromatic carbocycles. The number of allylic oxidation sites excluding steroid dienone is 3. The van der Waals surface area contributed by atoms with E-state index in [9.17, 15) is 19.5 Å². The number of rotatable bonds is 7. The first-order valence-electron chi connectivity index (χ1n) is 10.4. The molecule has 1 N–H and O–H groups in total. The van der Waals surface area contributed by atoms with Crippen LogP contribution in [0.2, 0.25) is 0 Å². The molecule has 174 valence electrons. The summed E-state index contributed by atoms with van der Waals surface area (Å²) in [6.07, 6.45) is 5.98. The van der Waals surface area contributed by atoms with Gasteiger partial charge in [-0.05, 0) is 59.0 Å². The van der Waals surface area contributed by atoms with Crippen LogP contribution >= 0.6 is 0 Å². The molecule has 0 spiro atoms. The Hall–Kier alpha value is -2.77. The third-order valence-corrected chi connectivity index (χ3v) is 5.45. The molecule has 0 bridgehead atoms. The number of aliphatic hydroxyl groups is 1. The summed E-state index contributed by atoms with van der Waals surface area (Å²) < 4.78 is 5.24. The van der Waals surface area contributed by atoms with E-state index in [2.05, 4.69) is 0 Å². The van der Waals surface area contributed by atoms with Gasteiger partial charge in [0.1, 0.15) is 23.6 Å².